The summed E-state index contributed by atoms with van der Waals surface area (Å²) in [6.45, 7) is 4.99. The quantitative estimate of drug-likeness (QED) is 0.405. The lowest BCUT2D eigenvalue weighted by molar-refractivity contribution is -0.130. The van der Waals surface area contributed by atoms with Gasteiger partial charge in [0.15, 0.2) is 5.78 Å². The van der Waals surface area contributed by atoms with Crippen LogP contribution in [0.4, 0.5) is 0 Å². The first-order chi connectivity index (χ1) is 9.99. The van der Waals surface area contributed by atoms with Crippen LogP contribution in [0.2, 0.25) is 0 Å². The molecule has 0 amide bonds. The molecule has 2 aromatic rings. The van der Waals surface area contributed by atoms with Gasteiger partial charge in [-0.05, 0) is 19.1 Å². The molecule has 1 N–H and O–H groups in total. The highest BCUT2D eigenvalue weighted by Gasteiger charge is 2.17. The first-order valence-corrected chi connectivity index (χ1v) is 6.29. The molecule has 0 bridgehead atoms. The molecule has 21 heavy (non-hydrogen) atoms. The minimum Gasteiger partial charge on any atom is -0.508 e. The second-order valence-electron chi connectivity index (χ2n) is 4.55. The number of rotatable bonds is 4. The van der Waals surface area contributed by atoms with E-state index in [4.69, 9.17) is 4.74 Å². The van der Waals surface area contributed by atoms with Gasteiger partial charge in [0.2, 0.25) is 0 Å². The van der Waals surface area contributed by atoms with Gasteiger partial charge in [0.1, 0.15) is 11.5 Å². The minimum absolute atomic E-state index is 0.0110. The van der Waals surface area contributed by atoms with E-state index in [9.17, 15) is 14.7 Å². The summed E-state index contributed by atoms with van der Waals surface area (Å²) in [6, 6.07) is 12.6. The van der Waals surface area contributed by atoms with E-state index >= 15 is 0 Å². The molecular formula is C17H14O4. The van der Waals surface area contributed by atoms with Gasteiger partial charge in [-0.1, -0.05) is 36.9 Å². The van der Waals surface area contributed by atoms with Crippen LogP contribution in [0.1, 0.15) is 22.8 Å². The second-order valence-corrected chi connectivity index (χ2v) is 4.55. The van der Waals surface area contributed by atoms with Crippen LogP contribution in [0, 0.1) is 0 Å². The average molecular weight is 282 g/mol. The van der Waals surface area contributed by atoms with Gasteiger partial charge < -0.3 is 9.84 Å². The molecule has 4 nitrogen and oxygen atoms in total. The molecule has 0 saturated heterocycles. The Labute approximate surface area is 122 Å². The summed E-state index contributed by atoms with van der Waals surface area (Å²) in [5.41, 5.74) is 0.876. The Morgan fingerprint density at radius 3 is 2.38 bits per heavy atom. The van der Waals surface area contributed by atoms with Crippen molar-refractivity contribution in [3.05, 3.63) is 71.8 Å². The molecule has 0 aromatic heterocycles. The maximum atomic E-state index is 12.4. The largest absolute Gasteiger partial charge is 0.508 e. The van der Waals surface area contributed by atoms with Gasteiger partial charge in [-0.25, -0.2) is 4.79 Å². The molecule has 0 unspecified atom stereocenters. The third-order valence-electron chi connectivity index (χ3n) is 2.80. The van der Waals surface area contributed by atoms with Crippen LogP contribution in [-0.4, -0.2) is 16.9 Å². The number of ether oxygens (including phenoxy) is 1. The maximum Gasteiger partial charge on any atom is 0.338 e. The number of aromatic hydroxyl groups is 1. The smallest absolute Gasteiger partial charge is 0.338 e. The Morgan fingerprint density at radius 2 is 1.76 bits per heavy atom. The molecule has 0 aliphatic heterocycles. The first-order valence-electron chi connectivity index (χ1n) is 6.29. The number of carbonyl (C=O) groups is 2. The Morgan fingerprint density at radius 1 is 1.10 bits per heavy atom. The van der Waals surface area contributed by atoms with E-state index in [1.54, 1.807) is 30.3 Å². The van der Waals surface area contributed by atoms with E-state index in [0.29, 0.717) is 5.56 Å². The van der Waals surface area contributed by atoms with Gasteiger partial charge in [-0.2, -0.15) is 0 Å². The summed E-state index contributed by atoms with van der Waals surface area (Å²) in [5, 5.41) is 9.52. The van der Waals surface area contributed by atoms with Crippen LogP contribution in [0.5, 0.6) is 11.5 Å². The zero-order valence-electron chi connectivity index (χ0n) is 11.5. The fourth-order valence-corrected chi connectivity index (χ4v) is 1.72. The van der Waals surface area contributed by atoms with E-state index in [2.05, 4.69) is 6.58 Å². The van der Waals surface area contributed by atoms with Crippen LogP contribution in [0.3, 0.4) is 0 Å². The molecule has 0 spiro atoms. The Kier molecular flexibility index (Phi) is 4.18. The van der Waals surface area contributed by atoms with Crippen LogP contribution in [-0.2, 0) is 4.79 Å². The third kappa shape index (κ3) is 3.36. The summed E-state index contributed by atoms with van der Waals surface area (Å²) < 4.78 is 5.11. The molecule has 2 aromatic carbocycles. The molecule has 0 aliphatic rings. The summed E-state index contributed by atoms with van der Waals surface area (Å²) >= 11 is 0. The zero-order valence-corrected chi connectivity index (χ0v) is 11.5. The topological polar surface area (TPSA) is 63.6 Å². The van der Waals surface area contributed by atoms with Crippen molar-refractivity contribution in [2.45, 2.75) is 6.92 Å². The van der Waals surface area contributed by atoms with Crippen molar-refractivity contribution in [3.8, 4) is 11.5 Å². The van der Waals surface area contributed by atoms with Crippen molar-refractivity contribution in [1.29, 1.82) is 0 Å². The Hall–Kier alpha value is -2.88. The van der Waals surface area contributed by atoms with Crippen LogP contribution in [0.15, 0.2) is 60.7 Å². The van der Waals surface area contributed by atoms with E-state index in [1.807, 2.05) is 0 Å². The van der Waals surface area contributed by atoms with E-state index in [1.165, 1.54) is 25.1 Å². The number of ketones is 1. The second kappa shape index (κ2) is 6.05. The fraction of sp³-hybridized carbons (Fsp3) is 0.0588. The number of phenolic OH excluding ortho intramolecular Hbond substituents is 1. The number of phenols is 1. The van der Waals surface area contributed by atoms with Crippen molar-refractivity contribution in [2.24, 2.45) is 0 Å². The zero-order chi connectivity index (χ0) is 15.4. The maximum absolute atomic E-state index is 12.4. The summed E-state index contributed by atoms with van der Waals surface area (Å²) in [5.74, 6) is -1.02. The molecule has 106 valence electrons. The van der Waals surface area contributed by atoms with Crippen molar-refractivity contribution in [2.75, 3.05) is 0 Å². The number of esters is 1. The summed E-state index contributed by atoms with van der Waals surface area (Å²) in [6.07, 6.45) is 0. The number of hydrogen-bond donors (Lipinski definition) is 1. The van der Waals surface area contributed by atoms with Gasteiger partial charge in [-0.3, -0.25) is 4.79 Å². The Bertz CT molecular complexity index is 702. The summed E-state index contributed by atoms with van der Waals surface area (Å²) in [7, 11) is 0. The number of benzene rings is 2. The molecule has 0 saturated carbocycles. The molecule has 0 radical (unpaired) electrons. The van der Waals surface area contributed by atoms with Crippen LogP contribution in [0.25, 0.3) is 0 Å². The van der Waals surface area contributed by atoms with Gasteiger partial charge in [0.25, 0.3) is 0 Å². The van der Waals surface area contributed by atoms with Crippen LogP contribution >= 0.6 is 0 Å². The van der Waals surface area contributed by atoms with Crippen molar-refractivity contribution in [1.82, 2.24) is 0 Å². The molecule has 0 atom stereocenters. The van der Waals surface area contributed by atoms with Crippen LogP contribution < -0.4 is 4.74 Å². The van der Waals surface area contributed by atoms with E-state index in [-0.39, 0.29) is 28.4 Å². The van der Waals surface area contributed by atoms with Gasteiger partial charge in [0.05, 0.1) is 5.56 Å². The highest BCUT2D eigenvalue weighted by molar-refractivity contribution is 6.11. The van der Waals surface area contributed by atoms with Gasteiger partial charge >= 0.3 is 5.97 Å². The molecular weight excluding hydrogens is 268 g/mol. The first kappa shape index (κ1) is 14.5. The van der Waals surface area contributed by atoms with Crippen molar-refractivity contribution >= 4 is 11.8 Å². The average Bonchev–Trinajstić information content (AvgIpc) is 2.47. The number of hydrogen-bond acceptors (Lipinski definition) is 4. The SMILES string of the molecule is C=C(C)C(=O)Oc1cc(O)ccc1C(=O)c1ccccc1. The van der Waals surface area contributed by atoms with Gasteiger partial charge in [-0.15, -0.1) is 0 Å². The minimum atomic E-state index is -0.650. The third-order valence-corrected chi connectivity index (χ3v) is 2.80. The standard InChI is InChI=1S/C17H14O4/c1-11(2)17(20)21-15-10-13(18)8-9-14(15)16(19)12-6-4-3-5-7-12/h3-10,18H,1H2,2H3. The van der Waals surface area contributed by atoms with E-state index in [0.717, 1.165) is 0 Å². The number of carbonyl (C=O) groups excluding carboxylic acids is 2. The van der Waals surface area contributed by atoms with E-state index < -0.39 is 5.97 Å². The lowest BCUT2D eigenvalue weighted by atomic mass is 10.0. The highest BCUT2D eigenvalue weighted by atomic mass is 16.5. The monoisotopic (exact) mass is 282 g/mol. The normalized spacial score (nSPS) is 9.95. The summed E-state index contributed by atoms with van der Waals surface area (Å²) in [4.78, 5) is 24.1. The predicted octanol–water partition coefficient (Wildman–Crippen LogP) is 3.10. The molecule has 4 heteroatoms. The fourth-order valence-electron chi connectivity index (χ4n) is 1.72. The predicted molar refractivity (Wildman–Crippen MR) is 78.4 cm³/mol. The highest BCUT2D eigenvalue weighted by Crippen LogP contribution is 2.27. The lowest BCUT2D eigenvalue weighted by Crippen LogP contribution is -2.12. The molecule has 0 heterocycles. The van der Waals surface area contributed by atoms with Gasteiger partial charge in [0, 0.05) is 17.2 Å². The Balaban J connectivity index is 2.42. The van der Waals surface area contributed by atoms with Crippen molar-refractivity contribution < 1.29 is 19.4 Å². The molecule has 0 aliphatic carbocycles. The lowest BCUT2D eigenvalue weighted by Gasteiger charge is -2.10. The molecule has 0 fully saturated rings. The molecule has 2 rings (SSSR count). The van der Waals surface area contributed by atoms with Crippen molar-refractivity contribution in [3.63, 3.8) is 0 Å².